The summed E-state index contributed by atoms with van der Waals surface area (Å²) in [6.07, 6.45) is 0.832. The van der Waals surface area contributed by atoms with Crippen LogP contribution in [-0.4, -0.2) is 17.1 Å². The molecule has 2 aromatic rings. The number of Topliss-reactive ketones (excluding diaryl/α,β-unsaturated/α-hetero) is 1. The lowest BCUT2D eigenvalue weighted by molar-refractivity contribution is 0.0989. The van der Waals surface area contributed by atoms with Crippen LogP contribution in [0.5, 0.6) is 0 Å². The Morgan fingerprint density at radius 3 is 2.72 bits per heavy atom. The number of carbonyl (C=O) groups is 2. The first-order valence-corrected chi connectivity index (χ1v) is 5.52. The molecule has 2 rings (SSSR count). The number of nitrogens with one attached hydrogen (secondary N) is 1. The molecule has 18 heavy (non-hydrogen) atoms. The maximum absolute atomic E-state index is 13.1. The number of aromatic nitrogens is 1. The van der Waals surface area contributed by atoms with Crippen LogP contribution in [0.25, 0.3) is 0 Å². The fraction of sp³-hybridized carbons (Fsp3) is 0.143. The minimum atomic E-state index is -0.283. The molecule has 0 radical (unpaired) electrons. The zero-order valence-corrected chi connectivity index (χ0v) is 9.87. The number of carbonyl (C=O) groups excluding carboxylic acids is 2. The van der Waals surface area contributed by atoms with Gasteiger partial charge in [-0.25, -0.2) is 4.39 Å². The van der Waals surface area contributed by atoms with Crippen LogP contribution < -0.4 is 0 Å². The van der Waals surface area contributed by atoms with Crippen molar-refractivity contribution in [2.45, 2.75) is 13.3 Å². The average Bonchev–Trinajstić information content (AvgIpc) is 2.82. The molecule has 0 aliphatic rings. The van der Waals surface area contributed by atoms with Crippen LogP contribution >= 0.6 is 0 Å². The number of benzene rings is 1. The second kappa shape index (κ2) is 4.96. The molecule has 0 amide bonds. The van der Waals surface area contributed by atoms with Gasteiger partial charge in [0.2, 0.25) is 0 Å². The van der Waals surface area contributed by atoms with Gasteiger partial charge in [0.25, 0.3) is 0 Å². The van der Waals surface area contributed by atoms with Crippen LogP contribution in [0.3, 0.4) is 0 Å². The number of hydrogen-bond acceptors (Lipinski definition) is 2. The quantitative estimate of drug-likeness (QED) is 0.665. The first-order valence-electron chi connectivity index (χ1n) is 5.52. The Kier molecular flexibility index (Phi) is 3.37. The van der Waals surface area contributed by atoms with Crippen molar-refractivity contribution in [3.05, 3.63) is 58.7 Å². The summed E-state index contributed by atoms with van der Waals surface area (Å²) in [6, 6.07) is 7.71. The molecule has 3 nitrogen and oxygen atoms in total. The van der Waals surface area contributed by atoms with Crippen LogP contribution in [0.15, 0.2) is 30.3 Å². The van der Waals surface area contributed by atoms with E-state index in [1.807, 2.05) is 0 Å². The minimum absolute atomic E-state index is 0.130. The summed E-state index contributed by atoms with van der Waals surface area (Å²) in [4.78, 5) is 25.1. The molecule has 1 heterocycles. The Balaban J connectivity index is 2.15. The SMILES string of the molecule is Cc1cc(CC(=O)c2ccc(C=O)[nH]2)ccc1F. The summed E-state index contributed by atoms with van der Waals surface area (Å²) in [7, 11) is 0. The Hall–Kier alpha value is -2.23. The lowest BCUT2D eigenvalue weighted by Gasteiger charge is -2.02. The molecule has 0 fully saturated rings. The van der Waals surface area contributed by atoms with Gasteiger partial charge >= 0.3 is 0 Å². The van der Waals surface area contributed by atoms with Gasteiger partial charge in [0.05, 0.1) is 11.4 Å². The average molecular weight is 245 g/mol. The van der Waals surface area contributed by atoms with Gasteiger partial charge in [-0.1, -0.05) is 12.1 Å². The van der Waals surface area contributed by atoms with Gasteiger partial charge in [-0.05, 0) is 36.2 Å². The fourth-order valence-corrected chi connectivity index (χ4v) is 1.74. The molecule has 0 saturated carbocycles. The molecule has 92 valence electrons. The highest BCUT2D eigenvalue weighted by atomic mass is 19.1. The zero-order chi connectivity index (χ0) is 13.1. The molecular weight excluding hydrogens is 233 g/mol. The lowest BCUT2D eigenvalue weighted by atomic mass is 10.0. The van der Waals surface area contributed by atoms with Crippen molar-refractivity contribution in [2.24, 2.45) is 0 Å². The lowest BCUT2D eigenvalue weighted by Crippen LogP contribution is -2.04. The highest BCUT2D eigenvalue weighted by molar-refractivity contribution is 5.96. The van der Waals surface area contributed by atoms with Crippen molar-refractivity contribution >= 4 is 12.1 Å². The maximum atomic E-state index is 13.1. The summed E-state index contributed by atoms with van der Waals surface area (Å²) in [5.74, 6) is -0.413. The molecule has 1 aromatic carbocycles. The van der Waals surface area contributed by atoms with E-state index in [0.717, 1.165) is 5.56 Å². The number of rotatable bonds is 4. The molecule has 0 aliphatic carbocycles. The first-order chi connectivity index (χ1) is 8.60. The predicted octanol–water partition coefficient (Wildman–Crippen LogP) is 2.70. The van der Waals surface area contributed by atoms with Crippen molar-refractivity contribution in [3.8, 4) is 0 Å². The van der Waals surface area contributed by atoms with E-state index in [2.05, 4.69) is 4.98 Å². The van der Waals surface area contributed by atoms with Crippen LogP contribution in [0.2, 0.25) is 0 Å². The van der Waals surface area contributed by atoms with E-state index in [4.69, 9.17) is 0 Å². The Morgan fingerprint density at radius 1 is 1.33 bits per heavy atom. The largest absolute Gasteiger partial charge is 0.350 e. The number of H-pyrrole nitrogens is 1. The third kappa shape index (κ3) is 2.53. The molecule has 1 aromatic heterocycles. The molecule has 1 N–H and O–H groups in total. The molecule has 4 heteroatoms. The highest BCUT2D eigenvalue weighted by Gasteiger charge is 2.10. The van der Waals surface area contributed by atoms with E-state index in [1.54, 1.807) is 31.2 Å². The number of aromatic amines is 1. The molecule has 0 atom stereocenters. The van der Waals surface area contributed by atoms with Gasteiger partial charge in [-0.3, -0.25) is 9.59 Å². The van der Waals surface area contributed by atoms with Crippen LogP contribution in [0.1, 0.15) is 32.1 Å². The normalized spacial score (nSPS) is 10.3. The van der Waals surface area contributed by atoms with Crippen molar-refractivity contribution in [1.82, 2.24) is 4.98 Å². The van der Waals surface area contributed by atoms with Gasteiger partial charge < -0.3 is 4.98 Å². The van der Waals surface area contributed by atoms with E-state index in [1.165, 1.54) is 6.07 Å². The van der Waals surface area contributed by atoms with Crippen molar-refractivity contribution in [3.63, 3.8) is 0 Å². The number of aryl methyl sites for hydroxylation is 1. The summed E-state index contributed by atoms with van der Waals surface area (Å²) in [5.41, 5.74) is 2.02. The number of hydrogen-bond donors (Lipinski definition) is 1. The molecule has 0 aliphatic heterocycles. The second-order valence-electron chi connectivity index (χ2n) is 4.13. The summed E-state index contributed by atoms with van der Waals surface area (Å²) < 4.78 is 13.1. The van der Waals surface area contributed by atoms with E-state index in [9.17, 15) is 14.0 Å². The number of aldehydes is 1. The molecular formula is C14H12FNO2. The van der Waals surface area contributed by atoms with Gasteiger partial charge in [0.1, 0.15) is 5.82 Å². The Bertz CT molecular complexity index is 602. The van der Waals surface area contributed by atoms with Crippen molar-refractivity contribution < 1.29 is 14.0 Å². The van der Waals surface area contributed by atoms with Crippen LogP contribution in [0, 0.1) is 12.7 Å². The van der Waals surface area contributed by atoms with Gasteiger partial charge in [-0.2, -0.15) is 0 Å². The van der Waals surface area contributed by atoms with Gasteiger partial charge in [-0.15, -0.1) is 0 Å². The van der Waals surface area contributed by atoms with Crippen LogP contribution in [0.4, 0.5) is 4.39 Å². The predicted molar refractivity (Wildman–Crippen MR) is 65.4 cm³/mol. The standard InChI is InChI=1S/C14H12FNO2/c1-9-6-10(2-4-12(9)15)7-14(18)13-5-3-11(8-17)16-13/h2-6,8,16H,7H2,1H3. The van der Waals surface area contributed by atoms with Gasteiger partial charge in [0.15, 0.2) is 12.1 Å². The third-order valence-electron chi connectivity index (χ3n) is 2.72. The Labute approximate surface area is 104 Å². The van der Waals surface area contributed by atoms with E-state index in [-0.39, 0.29) is 18.0 Å². The van der Waals surface area contributed by atoms with Gasteiger partial charge in [0, 0.05) is 6.42 Å². The summed E-state index contributed by atoms with van der Waals surface area (Å²) in [6.45, 7) is 1.66. The van der Waals surface area contributed by atoms with Crippen LogP contribution in [-0.2, 0) is 6.42 Å². The third-order valence-corrected chi connectivity index (χ3v) is 2.72. The number of halogens is 1. The molecule has 0 saturated heterocycles. The smallest absolute Gasteiger partial charge is 0.183 e. The second-order valence-corrected chi connectivity index (χ2v) is 4.13. The number of ketones is 1. The summed E-state index contributed by atoms with van der Waals surface area (Å²) in [5, 5.41) is 0. The zero-order valence-electron chi connectivity index (χ0n) is 9.87. The first kappa shape index (κ1) is 12.2. The minimum Gasteiger partial charge on any atom is -0.350 e. The highest BCUT2D eigenvalue weighted by Crippen LogP contribution is 2.12. The van der Waals surface area contributed by atoms with Crippen molar-refractivity contribution in [1.29, 1.82) is 0 Å². The van der Waals surface area contributed by atoms with E-state index < -0.39 is 0 Å². The molecule has 0 bridgehead atoms. The topological polar surface area (TPSA) is 49.9 Å². The monoisotopic (exact) mass is 245 g/mol. The van der Waals surface area contributed by atoms with Crippen molar-refractivity contribution in [2.75, 3.05) is 0 Å². The Morgan fingerprint density at radius 2 is 2.11 bits per heavy atom. The van der Waals surface area contributed by atoms with E-state index in [0.29, 0.717) is 23.2 Å². The summed E-state index contributed by atoms with van der Waals surface area (Å²) >= 11 is 0. The fourth-order valence-electron chi connectivity index (χ4n) is 1.74. The maximum Gasteiger partial charge on any atom is 0.183 e. The molecule has 0 unspecified atom stereocenters. The van der Waals surface area contributed by atoms with E-state index >= 15 is 0 Å². The molecule has 0 spiro atoms.